The topological polar surface area (TPSA) is 69.6 Å². The second kappa shape index (κ2) is 8.67. The van der Waals surface area contributed by atoms with Crippen molar-refractivity contribution >= 4 is 11.8 Å². The summed E-state index contributed by atoms with van der Waals surface area (Å²) in [6, 6.07) is 9.00. The Hall–Kier alpha value is -1.88. The monoisotopic (exact) mass is 358 g/mol. The van der Waals surface area contributed by atoms with Crippen LogP contribution in [0.2, 0.25) is 0 Å². The fourth-order valence-electron chi connectivity index (χ4n) is 4.38. The van der Waals surface area contributed by atoms with Gasteiger partial charge in [0, 0.05) is 13.1 Å². The van der Waals surface area contributed by atoms with Gasteiger partial charge in [-0.05, 0) is 31.2 Å². The first-order valence-electron chi connectivity index (χ1n) is 9.93. The molecule has 1 atom stereocenters. The summed E-state index contributed by atoms with van der Waals surface area (Å²) in [5.74, 6) is -0.271. The van der Waals surface area contributed by atoms with Crippen LogP contribution in [0.4, 0.5) is 0 Å². The van der Waals surface area contributed by atoms with E-state index >= 15 is 0 Å². The van der Waals surface area contributed by atoms with Gasteiger partial charge in [0.05, 0.1) is 12.0 Å². The zero-order valence-electron chi connectivity index (χ0n) is 15.5. The lowest BCUT2D eigenvalue weighted by Gasteiger charge is -2.32. The van der Waals surface area contributed by atoms with Crippen LogP contribution in [0.5, 0.6) is 0 Å². The molecule has 1 saturated heterocycles. The predicted molar refractivity (Wildman–Crippen MR) is 101 cm³/mol. The molecule has 2 fully saturated rings. The lowest BCUT2D eigenvalue weighted by Crippen LogP contribution is -2.55. The Morgan fingerprint density at radius 2 is 1.62 bits per heavy atom. The Labute approximate surface area is 155 Å². The molecule has 0 aromatic heterocycles. The van der Waals surface area contributed by atoms with Gasteiger partial charge in [0.25, 0.3) is 0 Å². The Morgan fingerprint density at radius 3 is 2.19 bits per heavy atom. The standard InChI is InChI=1S/C21H30N2O3/c24-16-18(19(25)23-14-8-1-2-9-15-23)22-20(26)21(12-6-7-13-21)17-10-4-3-5-11-17/h3-5,10-11,18,24H,1-2,6-9,12-16H2,(H,22,26). The summed E-state index contributed by atoms with van der Waals surface area (Å²) in [5, 5.41) is 12.7. The van der Waals surface area contributed by atoms with E-state index in [0.717, 1.165) is 70.0 Å². The molecule has 3 rings (SSSR count). The van der Waals surface area contributed by atoms with Crippen molar-refractivity contribution < 1.29 is 14.7 Å². The van der Waals surface area contributed by atoms with E-state index in [1.165, 1.54) is 0 Å². The smallest absolute Gasteiger partial charge is 0.247 e. The van der Waals surface area contributed by atoms with Crippen LogP contribution in [0.1, 0.15) is 56.9 Å². The van der Waals surface area contributed by atoms with E-state index in [2.05, 4.69) is 5.32 Å². The molecule has 0 radical (unpaired) electrons. The minimum atomic E-state index is -0.846. The highest BCUT2D eigenvalue weighted by Gasteiger charge is 2.44. The minimum Gasteiger partial charge on any atom is -0.394 e. The number of benzene rings is 1. The van der Waals surface area contributed by atoms with Crippen LogP contribution in [0.3, 0.4) is 0 Å². The molecular formula is C21H30N2O3. The summed E-state index contributed by atoms with van der Waals surface area (Å²) < 4.78 is 0. The number of carbonyl (C=O) groups excluding carboxylic acids is 2. The molecule has 1 saturated carbocycles. The fourth-order valence-corrected chi connectivity index (χ4v) is 4.38. The minimum absolute atomic E-state index is 0.122. The molecule has 1 aromatic carbocycles. The third kappa shape index (κ3) is 3.93. The first-order valence-corrected chi connectivity index (χ1v) is 9.93. The SMILES string of the molecule is O=C(C(CO)NC(=O)C1(c2ccccc2)CCCC1)N1CCCCCC1. The summed E-state index contributed by atoms with van der Waals surface area (Å²) in [7, 11) is 0. The summed E-state index contributed by atoms with van der Waals surface area (Å²) in [6.07, 6.45) is 7.85. The summed E-state index contributed by atoms with van der Waals surface area (Å²) >= 11 is 0. The van der Waals surface area contributed by atoms with Gasteiger partial charge in [-0.1, -0.05) is 56.0 Å². The van der Waals surface area contributed by atoms with Crippen molar-refractivity contribution in [3.63, 3.8) is 0 Å². The Balaban J connectivity index is 1.74. The van der Waals surface area contributed by atoms with Gasteiger partial charge in [0.15, 0.2) is 0 Å². The van der Waals surface area contributed by atoms with Crippen molar-refractivity contribution in [2.75, 3.05) is 19.7 Å². The molecule has 2 aliphatic rings. The number of rotatable bonds is 5. The zero-order chi connectivity index (χ0) is 18.4. The highest BCUT2D eigenvalue weighted by molar-refractivity contribution is 5.93. The molecule has 1 aliphatic carbocycles. The molecule has 26 heavy (non-hydrogen) atoms. The Morgan fingerprint density at radius 1 is 1.00 bits per heavy atom. The maximum atomic E-state index is 13.2. The molecule has 0 bridgehead atoms. The molecule has 1 aromatic rings. The third-order valence-electron chi connectivity index (χ3n) is 5.92. The Bertz CT molecular complexity index is 603. The van der Waals surface area contributed by atoms with E-state index in [1.54, 1.807) is 4.90 Å². The van der Waals surface area contributed by atoms with Crippen LogP contribution >= 0.6 is 0 Å². The number of aliphatic hydroxyl groups excluding tert-OH is 1. The van der Waals surface area contributed by atoms with Gasteiger partial charge in [0.2, 0.25) is 11.8 Å². The largest absolute Gasteiger partial charge is 0.394 e. The van der Waals surface area contributed by atoms with Gasteiger partial charge < -0.3 is 15.3 Å². The average molecular weight is 358 g/mol. The van der Waals surface area contributed by atoms with Crippen LogP contribution < -0.4 is 5.32 Å². The van der Waals surface area contributed by atoms with Crippen LogP contribution in [0, 0.1) is 0 Å². The normalized spacial score (nSPS) is 21.0. The van der Waals surface area contributed by atoms with Crippen LogP contribution in [0.15, 0.2) is 30.3 Å². The lowest BCUT2D eigenvalue weighted by molar-refractivity contribution is -0.139. The Kier molecular flexibility index (Phi) is 6.30. The van der Waals surface area contributed by atoms with Crippen molar-refractivity contribution in [2.24, 2.45) is 0 Å². The predicted octanol–water partition coefficient (Wildman–Crippen LogP) is 2.38. The molecule has 1 heterocycles. The number of nitrogens with zero attached hydrogens (tertiary/aromatic N) is 1. The summed E-state index contributed by atoms with van der Waals surface area (Å²) in [6.45, 7) is 1.08. The van der Waals surface area contributed by atoms with Gasteiger partial charge in [-0.15, -0.1) is 0 Å². The van der Waals surface area contributed by atoms with Gasteiger partial charge in [-0.25, -0.2) is 0 Å². The van der Waals surface area contributed by atoms with Crippen molar-refractivity contribution in [1.29, 1.82) is 0 Å². The second-order valence-electron chi connectivity index (χ2n) is 7.60. The fraction of sp³-hybridized carbons (Fsp3) is 0.619. The number of hydrogen-bond donors (Lipinski definition) is 2. The number of hydrogen-bond acceptors (Lipinski definition) is 3. The molecular weight excluding hydrogens is 328 g/mol. The number of carbonyl (C=O) groups is 2. The second-order valence-corrected chi connectivity index (χ2v) is 7.60. The van der Waals surface area contributed by atoms with Crippen LogP contribution in [0.25, 0.3) is 0 Å². The first-order chi connectivity index (χ1) is 12.7. The van der Waals surface area contributed by atoms with Crippen molar-refractivity contribution in [2.45, 2.75) is 62.8 Å². The molecule has 142 valence electrons. The molecule has 0 spiro atoms. The van der Waals surface area contributed by atoms with Crippen LogP contribution in [-0.4, -0.2) is 47.6 Å². The molecule has 2 N–H and O–H groups in total. The summed E-state index contributed by atoms with van der Waals surface area (Å²) in [4.78, 5) is 27.8. The van der Waals surface area contributed by atoms with Gasteiger partial charge in [0.1, 0.15) is 6.04 Å². The average Bonchev–Trinajstić information content (AvgIpc) is 3.03. The number of amides is 2. The van der Waals surface area contributed by atoms with E-state index in [4.69, 9.17) is 0 Å². The van der Waals surface area contributed by atoms with Crippen molar-refractivity contribution in [3.05, 3.63) is 35.9 Å². The van der Waals surface area contributed by atoms with E-state index in [-0.39, 0.29) is 18.4 Å². The van der Waals surface area contributed by atoms with Crippen molar-refractivity contribution in [3.8, 4) is 0 Å². The van der Waals surface area contributed by atoms with E-state index in [1.807, 2.05) is 30.3 Å². The maximum Gasteiger partial charge on any atom is 0.247 e. The highest BCUT2D eigenvalue weighted by Crippen LogP contribution is 2.41. The molecule has 5 nitrogen and oxygen atoms in total. The van der Waals surface area contributed by atoms with E-state index in [0.29, 0.717) is 0 Å². The number of aliphatic hydroxyl groups is 1. The quantitative estimate of drug-likeness (QED) is 0.849. The molecule has 1 unspecified atom stereocenters. The summed E-state index contributed by atoms with van der Waals surface area (Å²) in [5.41, 5.74) is 0.433. The number of nitrogens with one attached hydrogen (secondary N) is 1. The van der Waals surface area contributed by atoms with Gasteiger partial charge in [-0.3, -0.25) is 9.59 Å². The molecule has 5 heteroatoms. The highest BCUT2D eigenvalue weighted by atomic mass is 16.3. The van der Waals surface area contributed by atoms with E-state index < -0.39 is 11.5 Å². The van der Waals surface area contributed by atoms with Gasteiger partial charge in [-0.2, -0.15) is 0 Å². The molecule has 1 aliphatic heterocycles. The van der Waals surface area contributed by atoms with Gasteiger partial charge >= 0.3 is 0 Å². The third-order valence-corrected chi connectivity index (χ3v) is 5.92. The van der Waals surface area contributed by atoms with E-state index in [9.17, 15) is 14.7 Å². The first kappa shape index (κ1) is 18.9. The number of likely N-dealkylation sites (tertiary alicyclic amines) is 1. The zero-order valence-corrected chi connectivity index (χ0v) is 15.5. The van der Waals surface area contributed by atoms with Crippen molar-refractivity contribution in [1.82, 2.24) is 10.2 Å². The maximum absolute atomic E-state index is 13.2. The molecule has 2 amide bonds. The van der Waals surface area contributed by atoms with Crippen LogP contribution in [-0.2, 0) is 15.0 Å². The lowest BCUT2D eigenvalue weighted by atomic mass is 9.78.